The van der Waals surface area contributed by atoms with E-state index in [1.165, 1.54) is 25.3 Å². The lowest BCUT2D eigenvalue weighted by Gasteiger charge is -2.09. The van der Waals surface area contributed by atoms with Crippen LogP contribution in [0.25, 0.3) is 0 Å². The van der Waals surface area contributed by atoms with E-state index in [2.05, 4.69) is 0 Å². The van der Waals surface area contributed by atoms with Crippen LogP contribution in [0.5, 0.6) is 11.5 Å². The molecule has 0 aliphatic rings. The summed E-state index contributed by atoms with van der Waals surface area (Å²) >= 11 is 5.20. The number of carbonyl (C=O) groups is 1. The fraction of sp³-hybridized carbons (Fsp3) is 0.417. The highest BCUT2D eigenvalue weighted by Crippen LogP contribution is 2.31. The molecule has 6 nitrogen and oxygen atoms in total. The van der Waals surface area contributed by atoms with Crippen molar-refractivity contribution in [2.75, 3.05) is 13.7 Å². The van der Waals surface area contributed by atoms with Gasteiger partial charge in [0.25, 0.3) is 5.69 Å². The van der Waals surface area contributed by atoms with Gasteiger partial charge in [-0.2, -0.15) is 0 Å². The normalized spacial score (nSPS) is 10.0. The number of ether oxygens (including phenoxy) is 2. The summed E-state index contributed by atoms with van der Waals surface area (Å²) in [5.41, 5.74) is -0.0584. The van der Waals surface area contributed by atoms with Crippen LogP contribution in [-0.4, -0.2) is 23.9 Å². The Kier molecular flexibility index (Phi) is 6.08. The van der Waals surface area contributed by atoms with Gasteiger partial charge in [-0.1, -0.05) is 0 Å². The van der Waals surface area contributed by atoms with Crippen LogP contribution in [0.15, 0.2) is 18.2 Å². The molecule has 0 aliphatic heterocycles. The number of nitro groups is 1. The molecule has 19 heavy (non-hydrogen) atoms. The molecule has 0 fully saturated rings. The van der Waals surface area contributed by atoms with Gasteiger partial charge in [0.1, 0.15) is 0 Å². The van der Waals surface area contributed by atoms with Crippen LogP contribution < -0.4 is 9.47 Å². The SMILES string of the molecule is COc1cc([N+](=O)[O-])ccc1OCCCCC(=O)Cl. The van der Waals surface area contributed by atoms with Crippen molar-refractivity contribution in [1.29, 1.82) is 0 Å². The van der Waals surface area contributed by atoms with Crippen molar-refractivity contribution in [2.24, 2.45) is 0 Å². The number of methoxy groups -OCH3 is 1. The molecule has 0 unspecified atom stereocenters. The second-order valence-corrected chi connectivity index (χ2v) is 4.17. The van der Waals surface area contributed by atoms with E-state index in [-0.39, 0.29) is 10.9 Å². The lowest BCUT2D eigenvalue weighted by molar-refractivity contribution is -0.385. The predicted molar refractivity (Wildman–Crippen MR) is 69.9 cm³/mol. The number of rotatable bonds is 8. The Hall–Kier alpha value is -1.82. The van der Waals surface area contributed by atoms with E-state index < -0.39 is 4.92 Å². The number of unbranched alkanes of at least 4 members (excludes halogenated alkanes) is 1. The minimum atomic E-state index is -0.502. The topological polar surface area (TPSA) is 78.7 Å². The van der Waals surface area contributed by atoms with Gasteiger partial charge < -0.3 is 9.47 Å². The first-order valence-electron chi connectivity index (χ1n) is 5.68. The number of carbonyl (C=O) groups excluding carboxylic acids is 1. The average Bonchev–Trinajstić information content (AvgIpc) is 2.37. The second-order valence-electron chi connectivity index (χ2n) is 3.75. The van der Waals surface area contributed by atoms with Gasteiger partial charge in [-0.15, -0.1) is 0 Å². The van der Waals surface area contributed by atoms with Crippen LogP contribution in [0, 0.1) is 10.1 Å². The van der Waals surface area contributed by atoms with Crippen molar-refractivity contribution >= 4 is 22.5 Å². The molecule has 1 rings (SSSR count). The third-order valence-electron chi connectivity index (χ3n) is 2.38. The van der Waals surface area contributed by atoms with Crippen molar-refractivity contribution in [3.63, 3.8) is 0 Å². The molecular formula is C12H14ClNO5. The molecule has 0 N–H and O–H groups in total. The first-order chi connectivity index (χ1) is 9.04. The highest BCUT2D eigenvalue weighted by atomic mass is 35.5. The average molecular weight is 288 g/mol. The quantitative estimate of drug-likeness (QED) is 0.318. The summed E-state index contributed by atoms with van der Waals surface area (Å²) in [5, 5.41) is 10.2. The van der Waals surface area contributed by atoms with Crippen LogP contribution in [0.2, 0.25) is 0 Å². The molecular weight excluding hydrogens is 274 g/mol. The molecule has 0 aromatic heterocycles. The van der Waals surface area contributed by atoms with E-state index in [0.29, 0.717) is 37.4 Å². The van der Waals surface area contributed by atoms with Crippen LogP contribution in [0.3, 0.4) is 0 Å². The maximum Gasteiger partial charge on any atom is 0.273 e. The zero-order valence-corrected chi connectivity index (χ0v) is 11.2. The summed E-state index contributed by atoms with van der Waals surface area (Å²) in [6, 6.07) is 4.14. The molecule has 0 radical (unpaired) electrons. The predicted octanol–water partition coefficient (Wildman–Crippen LogP) is 2.92. The standard InChI is InChI=1S/C12H14ClNO5/c1-18-11-8-9(14(16)17)5-6-10(11)19-7-3-2-4-12(13)15/h5-6,8H,2-4,7H2,1H3. The van der Waals surface area contributed by atoms with Crippen LogP contribution in [0.4, 0.5) is 5.69 Å². The van der Waals surface area contributed by atoms with Crippen molar-refractivity contribution in [1.82, 2.24) is 0 Å². The van der Waals surface area contributed by atoms with Gasteiger partial charge in [-0.05, 0) is 30.5 Å². The summed E-state index contributed by atoms with van der Waals surface area (Å²) in [7, 11) is 1.41. The summed E-state index contributed by atoms with van der Waals surface area (Å²) in [6.07, 6.45) is 1.61. The number of hydrogen-bond acceptors (Lipinski definition) is 5. The molecule has 0 aliphatic carbocycles. The Morgan fingerprint density at radius 3 is 2.68 bits per heavy atom. The molecule has 0 saturated carbocycles. The zero-order chi connectivity index (χ0) is 14.3. The Morgan fingerprint density at radius 1 is 1.37 bits per heavy atom. The monoisotopic (exact) mass is 287 g/mol. The van der Waals surface area contributed by atoms with Gasteiger partial charge in [0, 0.05) is 12.5 Å². The molecule has 0 atom stereocenters. The van der Waals surface area contributed by atoms with Crippen LogP contribution in [0.1, 0.15) is 19.3 Å². The van der Waals surface area contributed by atoms with Crippen molar-refractivity contribution in [3.05, 3.63) is 28.3 Å². The summed E-state index contributed by atoms with van der Waals surface area (Å²) < 4.78 is 10.5. The van der Waals surface area contributed by atoms with Crippen molar-refractivity contribution in [3.8, 4) is 11.5 Å². The number of benzene rings is 1. The van der Waals surface area contributed by atoms with E-state index in [9.17, 15) is 14.9 Å². The van der Waals surface area contributed by atoms with E-state index in [1.807, 2.05) is 0 Å². The lowest BCUT2D eigenvalue weighted by atomic mass is 10.2. The summed E-state index contributed by atoms with van der Waals surface area (Å²) in [5.74, 6) is 0.743. The highest BCUT2D eigenvalue weighted by molar-refractivity contribution is 6.63. The summed E-state index contributed by atoms with van der Waals surface area (Å²) in [4.78, 5) is 20.6. The third kappa shape index (κ3) is 5.13. The Bertz CT molecular complexity index is 463. The van der Waals surface area contributed by atoms with E-state index >= 15 is 0 Å². The molecule has 0 saturated heterocycles. The molecule has 1 aromatic carbocycles. The summed E-state index contributed by atoms with van der Waals surface area (Å²) in [6.45, 7) is 0.387. The van der Waals surface area contributed by atoms with E-state index in [4.69, 9.17) is 21.1 Å². The van der Waals surface area contributed by atoms with Gasteiger partial charge in [0.2, 0.25) is 5.24 Å². The Morgan fingerprint density at radius 2 is 2.11 bits per heavy atom. The number of nitro benzene ring substituents is 1. The minimum Gasteiger partial charge on any atom is -0.493 e. The lowest BCUT2D eigenvalue weighted by Crippen LogP contribution is -2.00. The third-order valence-corrected chi connectivity index (χ3v) is 2.57. The molecule has 0 amide bonds. The van der Waals surface area contributed by atoms with E-state index in [1.54, 1.807) is 0 Å². The largest absolute Gasteiger partial charge is 0.493 e. The van der Waals surface area contributed by atoms with Gasteiger partial charge in [0.15, 0.2) is 11.5 Å². The fourth-order valence-corrected chi connectivity index (χ4v) is 1.57. The number of non-ortho nitro benzene ring substituents is 1. The van der Waals surface area contributed by atoms with Crippen LogP contribution >= 0.6 is 11.6 Å². The highest BCUT2D eigenvalue weighted by Gasteiger charge is 2.12. The first kappa shape index (κ1) is 15.2. The van der Waals surface area contributed by atoms with Gasteiger partial charge in [-0.3, -0.25) is 14.9 Å². The first-order valence-corrected chi connectivity index (χ1v) is 6.06. The maximum absolute atomic E-state index is 10.6. The van der Waals surface area contributed by atoms with Crippen molar-refractivity contribution in [2.45, 2.75) is 19.3 Å². The molecule has 0 bridgehead atoms. The number of halogens is 1. The van der Waals surface area contributed by atoms with E-state index in [0.717, 1.165) is 0 Å². The molecule has 0 heterocycles. The van der Waals surface area contributed by atoms with Crippen molar-refractivity contribution < 1.29 is 19.2 Å². The number of nitrogens with zero attached hydrogens (tertiary/aromatic N) is 1. The minimum absolute atomic E-state index is 0.0584. The van der Waals surface area contributed by atoms with Gasteiger partial charge in [-0.25, -0.2) is 0 Å². The Labute approximate surface area is 115 Å². The Balaban J connectivity index is 2.53. The fourth-order valence-electron chi connectivity index (χ4n) is 1.44. The molecule has 104 valence electrons. The number of hydrogen-bond donors (Lipinski definition) is 0. The zero-order valence-electron chi connectivity index (χ0n) is 10.4. The second kappa shape index (κ2) is 7.58. The van der Waals surface area contributed by atoms with Gasteiger partial charge in [0.05, 0.1) is 24.7 Å². The smallest absolute Gasteiger partial charge is 0.273 e. The molecule has 1 aromatic rings. The van der Waals surface area contributed by atoms with Gasteiger partial charge >= 0.3 is 0 Å². The molecule has 7 heteroatoms. The maximum atomic E-state index is 10.6. The van der Waals surface area contributed by atoms with Crippen LogP contribution in [-0.2, 0) is 4.79 Å². The molecule has 0 spiro atoms.